The highest BCUT2D eigenvalue weighted by atomic mass is 19.1. The van der Waals surface area contributed by atoms with Crippen LogP contribution in [0.5, 0.6) is 0 Å². The summed E-state index contributed by atoms with van der Waals surface area (Å²) in [6.07, 6.45) is 1.95. The van der Waals surface area contributed by atoms with E-state index in [0.29, 0.717) is 13.1 Å². The molecule has 3 aromatic rings. The number of benzene rings is 2. The predicted octanol–water partition coefficient (Wildman–Crippen LogP) is 4.61. The first-order valence-electron chi connectivity index (χ1n) is 8.52. The van der Waals surface area contributed by atoms with Crippen molar-refractivity contribution in [2.75, 3.05) is 5.32 Å². The van der Waals surface area contributed by atoms with Crippen LogP contribution in [-0.2, 0) is 13.1 Å². The lowest BCUT2D eigenvalue weighted by Gasteiger charge is -2.12. The Balaban J connectivity index is 1.58. The number of anilines is 1. The molecule has 0 unspecified atom stereocenters. The first-order valence-corrected chi connectivity index (χ1v) is 8.52. The molecule has 26 heavy (non-hydrogen) atoms. The topological polar surface area (TPSA) is 46.1 Å². The van der Waals surface area contributed by atoms with Gasteiger partial charge < -0.3 is 15.2 Å². The van der Waals surface area contributed by atoms with Gasteiger partial charge in [-0.15, -0.1) is 0 Å². The van der Waals surface area contributed by atoms with Crippen LogP contribution in [-0.4, -0.2) is 10.6 Å². The molecule has 0 aliphatic rings. The quantitative estimate of drug-likeness (QED) is 0.692. The molecule has 0 radical (unpaired) electrons. The van der Waals surface area contributed by atoms with Crippen LogP contribution in [0.4, 0.5) is 14.9 Å². The number of aromatic nitrogens is 1. The van der Waals surface area contributed by atoms with Gasteiger partial charge in [-0.2, -0.15) is 0 Å². The number of aryl methyl sites for hydroxylation is 2. The Bertz CT molecular complexity index is 900. The Labute approximate surface area is 152 Å². The molecule has 0 saturated carbocycles. The summed E-state index contributed by atoms with van der Waals surface area (Å²) in [5.41, 5.74) is 5.07. The first kappa shape index (κ1) is 17.7. The van der Waals surface area contributed by atoms with Gasteiger partial charge in [-0.05, 0) is 66.9 Å². The molecule has 3 rings (SSSR count). The van der Waals surface area contributed by atoms with Crippen molar-refractivity contribution in [1.29, 1.82) is 0 Å². The maximum absolute atomic E-state index is 13.0. The van der Waals surface area contributed by atoms with Gasteiger partial charge in [-0.3, -0.25) is 0 Å². The highest BCUT2D eigenvalue weighted by Crippen LogP contribution is 2.14. The third-order valence-corrected chi connectivity index (χ3v) is 4.38. The zero-order chi connectivity index (χ0) is 18.5. The summed E-state index contributed by atoms with van der Waals surface area (Å²) in [5, 5.41) is 5.72. The molecule has 0 atom stereocenters. The van der Waals surface area contributed by atoms with E-state index in [9.17, 15) is 9.18 Å². The van der Waals surface area contributed by atoms with Gasteiger partial charge in [0.1, 0.15) is 5.82 Å². The molecular formula is C21H22FN3O. The lowest BCUT2D eigenvalue weighted by atomic mass is 10.1. The van der Waals surface area contributed by atoms with E-state index in [-0.39, 0.29) is 11.8 Å². The van der Waals surface area contributed by atoms with Gasteiger partial charge in [0.05, 0.1) is 6.54 Å². The summed E-state index contributed by atoms with van der Waals surface area (Å²) in [5.74, 6) is -0.244. The van der Waals surface area contributed by atoms with E-state index in [1.807, 2.05) is 54.9 Å². The monoisotopic (exact) mass is 351 g/mol. The third-order valence-electron chi connectivity index (χ3n) is 4.38. The number of nitrogens with zero attached hydrogens (tertiary/aromatic N) is 1. The summed E-state index contributed by atoms with van der Waals surface area (Å²) in [6, 6.07) is 15.9. The zero-order valence-corrected chi connectivity index (χ0v) is 14.9. The Morgan fingerprint density at radius 1 is 1.04 bits per heavy atom. The summed E-state index contributed by atoms with van der Waals surface area (Å²) in [7, 11) is 0. The van der Waals surface area contributed by atoms with Gasteiger partial charge in [0.15, 0.2) is 0 Å². The van der Waals surface area contributed by atoms with E-state index < -0.39 is 0 Å². The normalized spacial score (nSPS) is 10.6. The number of amides is 2. The van der Waals surface area contributed by atoms with Gasteiger partial charge in [-0.1, -0.05) is 18.2 Å². The summed E-state index contributed by atoms with van der Waals surface area (Å²) in [4.78, 5) is 12.1. The second kappa shape index (κ2) is 7.87. The average Bonchev–Trinajstić information content (AvgIpc) is 3.05. The van der Waals surface area contributed by atoms with Crippen LogP contribution >= 0.6 is 0 Å². The van der Waals surface area contributed by atoms with Crippen molar-refractivity contribution < 1.29 is 9.18 Å². The van der Waals surface area contributed by atoms with Crippen LogP contribution in [0.1, 0.15) is 22.4 Å². The van der Waals surface area contributed by atoms with Crippen molar-refractivity contribution in [3.8, 4) is 0 Å². The zero-order valence-electron chi connectivity index (χ0n) is 14.9. The van der Waals surface area contributed by atoms with Crippen molar-refractivity contribution >= 4 is 11.7 Å². The number of carbonyl (C=O) groups excluding carboxylic acids is 1. The Hall–Kier alpha value is -3.08. The molecule has 0 aliphatic heterocycles. The Morgan fingerprint density at radius 3 is 2.54 bits per heavy atom. The van der Waals surface area contributed by atoms with Crippen LogP contribution in [0.2, 0.25) is 0 Å². The molecule has 2 amide bonds. The Kier molecular flexibility index (Phi) is 5.37. The maximum atomic E-state index is 13.0. The molecule has 1 aromatic heterocycles. The fourth-order valence-electron chi connectivity index (χ4n) is 2.72. The van der Waals surface area contributed by atoms with Gasteiger partial charge in [0, 0.05) is 24.1 Å². The predicted molar refractivity (Wildman–Crippen MR) is 102 cm³/mol. The molecule has 134 valence electrons. The van der Waals surface area contributed by atoms with Crippen LogP contribution in [0.25, 0.3) is 0 Å². The summed E-state index contributed by atoms with van der Waals surface area (Å²) < 4.78 is 15.1. The fraction of sp³-hybridized carbons (Fsp3) is 0.190. The molecule has 0 saturated heterocycles. The smallest absolute Gasteiger partial charge is 0.319 e. The van der Waals surface area contributed by atoms with Gasteiger partial charge in [0.2, 0.25) is 0 Å². The molecule has 0 bridgehead atoms. The molecule has 4 nitrogen and oxygen atoms in total. The molecule has 2 N–H and O–H groups in total. The molecule has 0 aliphatic carbocycles. The third kappa shape index (κ3) is 4.51. The average molecular weight is 351 g/mol. The number of hydrogen-bond donors (Lipinski definition) is 2. The van der Waals surface area contributed by atoms with Gasteiger partial charge in [-0.25, -0.2) is 9.18 Å². The van der Waals surface area contributed by atoms with E-state index in [1.165, 1.54) is 17.7 Å². The van der Waals surface area contributed by atoms with Crippen LogP contribution in [0.3, 0.4) is 0 Å². The standard InChI is InChI=1S/C21H22FN3O/c1-15-5-10-19(12-16(15)2)24-21(26)23-13-20-4-3-11-25(20)14-17-6-8-18(22)9-7-17/h3-12H,13-14H2,1-2H3,(H2,23,24,26). The van der Waals surface area contributed by atoms with Gasteiger partial charge in [0.25, 0.3) is 0 Å². The highest BCUT2D eigenvalue weighted by Gasteiger charge is 2.06. The minimum Gasteiger partial charge on any atom is -0.345 e. The highest BCUT2D eigenvalue weighted by molar-refractivity contribution is 5.89. The molecular weight excluding hydrogens is 329 g/mol. The van der Waals surface area contributed by atoms with E-state index in [0.717, 1.165) is 22.5 Å². The number of nitrogens with one attached hydrogen (secondary N) is 2. The Morgan fingerprint density at radius 2 is 1.81 bits per heavy atom. The van der Waals surface area contributed by atoms with Crippen LogP contribution in [0.15, 0.2) is 60.8 Å². The van der Waals surface area contributed by atoms with Crippen molar-refractivity contribution in [2.24, 2.45) is 0 Å². The lowest BCUT2D eigenvalue weighted by molar-refractivity contribution is 0.251. The summed E-state index contributed by atoms with van der Waals surface area (Å²) >= 11 is 0. The minimum absolute atomic E-state index is 0.244. The molecule has 5 heteroatoms. The molecule has 0 fully saturated rings. The summed E-state index contributed by atoms with van der Waals surface area (Å²) in [6.45, 7) is 5.09. The number of halogens is 1. The molecule has 0 spiro atoms. The van der Waals surface area contributed by atoms with Crippen molar-refractivity contribution in [1.82, 2.24) is 9.88 Å². The lowest BCUT2D eigenvalue weighted by Crippen LogP contribution is -2.29. The number of rotatable bonds is 5. The number of urea groups is 1. The second-order valence-corrected chi connectivity index (χ2v) is 6.36. The van der Waals surface area contributed by atoms with Crippen molar-refractivity contribution in [3.05, 3.63) is 89.0 Å². The minimum atomic E-state index is -0.247. The largest absolute Gasteiger partial charge is 0.345 e. The van der Waals surface area contributed by atoms with Gasteiger partial charge >= 0.3 is 6.03 Å². The SMILES string of the molecule is Cc1ccc(NC(=O)NCc2cccn2Cc2ccc(F)cc2)cc1C. The molecule has 2 aromatic carbocycles. The fourth-order valence-corrected chi connectivity index (χ4v) is 2.72. The van der Waals surface area contributed by atoms with Crippen molar-refractivity contribution in [2.45, 2.75) is 26.9 Å². The number of carbonyl (C=O) groups is 1. The van der Waals surface area contributed by atoms with E-state index in [1.54, 1.807) is 12.1 Å². The maximum Gasteiger partial charge on any atom is 0.319 e. The van der Waals surface area contributed by atoms with E-state index >= 15 is 0 Å². The van der Waals surface area contributed by atoms with E-state index in [2.05, 4.69) is 10.6 Å². The van der Waals surface area contributed by atoms with E-state index in [4.69, 9.17) is 0 Å². The molecule has 1 heterocycles. The van der Waals surface area contributed by atoms with Crippen LogP contribution < -0.4 is 10.6 Å². The second-order valence-electron chi connectivity index (χ2n) is 6.36. The van der Waals surface area contributed by atoms with Crippen molar-refractivity contribution in [3.63, 3.8) is 0 Å². The first-order chi connectivity index (χ1) is 12.5. The number of hydrogen-bond acceptors (Lipinski definition) is 1. The van der Waals surface area contributed by atoms with Crippen LogP contribution in [0, 0.1) is 19.7 Å².